The van der Waals surface area contributed by atoms with E-state index in [9.17, 15) is 74.5 Å². The van der Waals surface area contributed by atoms with Crippen molar-refractivity contribution in [3.8, 4) is 0 Å². The van der Waals surface area contributed by atoms with E-state index >= 15 is 0 Å². The first kappa shape index (κ1) is 115. The van der Waals surface area contributed by atoms with Crippen LogP contribution in [0.2, 0.25) is 0 Å². The van der Waals surface area contributed by atoms with Gasteiger partial charge in [-0.1, -0.05) is 136 Å². The number of aryl methyl sites for hydroxylation is 3. The zero-order chi connectivity index (χ0) is 82.4. The number of amides is 4. The Morgan fingerprint density at radius 3 is 1.22 bits per heavy atom. The number of benzene rings is 6. The molecule has 6 aromatic rings. The minimum Gasteiger partial charge on any atom is -0.481 e. The van der Waals surface area contributed by atoms with E-state index in [1.165, 1.54) is 92.3 Å². The third-order valence-corrected chi connectivity index (χ3v) is 15.7. The smallest absolute Gasteiger partial charge is 0.300 e. The molecule has 31 nitrogen and oxygen atoms in total. The summed E-state index contributed by atoms with van der Waals surface area (Å²) < 4.78 is 0. The van der Waals surface area contributed by atoms with Gasteiger partial charge in [-0.05, 0) is 104 Å². The van der Waals surface area contributed by atoms with Gasteiger partial charge < -0.3 is 47.0 Å². The third kappa shape index (κ3) is 39.9. The molecule has 3 aliphatic heterocycles. The summed E-state index contributed by atoms with van der Waals surface area (Å²) in [4.78, 5) is 128. The molecule has 112 heavy (non-hydrogen) atoms. The number of allylic oxidation sites excluding steroid dienone is 1. The minimum absolute atomic E-state index is 0. The van der Waals surface area contributed by atoms with E-state index in [0.29, 0.717) is 41.5 Å². The molecule has 3 aliphatic rings. The number of hydrogen-bond acceptors (Lipinski definition) is 20. The van der Waals surface area contributed by atoms with Crippen molar-refractivity contribution < 1.29 is 88.8 Å². The molecule has 0 saturated carbocycles. The molecule has 0 atom stereocenters. The average Bonchev–Trinajstić information content (AvgIpc) is 1.62. The zero-order valence-corrected chi connectivity index (χ0v) is 68.1. The van der Waals surface area contributed by atoms with E-state index in [2.05, 4.69) is 79.0 Å². The molecule has 6 aromatic carbocycles. The Bertz CT molecular complexity index is 4230. The van der Waals surface area contributed by atoms with Gasteiger partial charge in [-0.15, -0.1) is 12.4 Å². The molecule has 4 amide bonds. The van der Waals surface area contributed by atoms with Gasteiger partial charge in [-0.25, -0.2) is 0 Å². The van der Waals surface area contributed by atoms with Crippen molar-refractivity contribution in [3.63, 3.8) is 0 Å². The van der Waals surface area contributed by atoms with Crippen LogP contribution in [0.5, 0.6) is 0 Å². The van der Waals surface area contributed by atoms with Crippen molar-refractivity contribution in [1.29, 1.82) is 0 Å². The molecular formula is C77H111BrCl2N12O19Pd. The molecule has 0 fully saturated rings. The van der Waals surface area contributed by atoms with Gasteiger partial charge in [-0.3, -0.25) is 84.1 Å². The van der Waals surface area contributed by atoms with Gasteiger partial charge in [0, 0.05) is 200 Å². The molecular weight excluding hydrogens is 1650 g/mol. The number of carboxylic acids is 2. The third-order valence-electron chi connectivity index (χ3n) is 14.7. The fourth-order valence-electron chi connectivity index (χ4n) is 9.69. The first-order valence-electron chi connectivity index (χ1n) is 31.9. The molecule has 8 N–H and O–H groups in total. The number of alkyl halides is 1. The van der Waals surface area contributed by atoms with Crippen molar-refractivity contribution in [1.82, 2.24) is 0 Å². The SMILES string of the molecule is C.C.C.C.C=C(C)CBr.C=C(C)CN(C(C)=O)c1cc([N+](=O)[O-])ccc1C.CC(=O)Cl.CC(=O)N1CC(C)(C)c2ccc(N)cc21.CC(=O)N1CC(C)(C)c2ccc([N+](=O)[O-])cc21.CC(=O)Nc1cc([N+](=O)[O-])ccc1C.CC(=O)O.CC(=O)O.CC1(C)CNc2cc([N+](=O)[O-])ccc21.Cc1ccc([N+](=O)[O-])cc1N.Cl.[Pd]. The van der Waals surface area contributed by atoms with Crippen LogP contribution in [0.4, 0.5) is 68.2 Å². The van der Waals surface area contributed by atoms with Crippen LogP contribution in [-0.2, 0) is 70.2 Å². The minimum atomic E-state index is -0.833. The number of non-ortho nitro benzene ring substituents is 5. The number of nitrogen functional groups attached to an aromatic ring is 2. The number of nitro groups is 5. The number of carbonyl (C=O) groups excluding carboxylic acids is 5. The van der Waals surface area contributed by atoms with Gasteiger partial charge in [0.1, 0.15) is 0 Å². The van der Waals surface area contributed by atoms with Gasteiger partial charge in [-0.2, -0.15) is 0 Å². The molecule has 35 heteroatoms. The van der Waals surface area contributed by atoms with Crippen LogP contribution in [0.15, 0.2) is 133 Å². The van der Waals surface area contributed by atoms with Crippen LogP contribution in [-0.4, -0.2) is 107 Å². The second-order valence-electron chi connectivity index (χ2n) is 26.1. The number of hydrogen-bond donors (Lipinski definition) is 6. The number of fused-ring (bicyclic) bond motifs is 3. The Hall–Kier alpha value is -10.6. The molecule has 0 saturated heterocycles. The fourth-order valence-corrected chi connectivity index (χ4v) is 9.69. The molecule has 0 radical (unpaired) electrons. The Morgan fingerprint density at radius 1 is 0.536 bits per heavy atom. The predicted molar refractivity (Wildman–Crippen MR) is 452 cm³/mol. The van der Waals surface area contributed by atoms with Crippen LogP contribution in [0.3, 0.4) is 0 Å². The van der Waals surface area contributed by atoms with Crippen molar-refractivity contribution in [3.05, 3.63) is 217 Å². The maximum absolute atomic E-state index is 11.6. The van der Waals surface area contributed by atoms with Crippen molar-refractivity contribution >= 4 is 149 Å². The van der Waals surface area contributed by atoms with E-state index in [1.807, 2.05) is 58.9 Å². The van der Waals surface area contributed by atoms with Crippen molar-refractivity contribution in [2.24, 2.45) is 0 Å². The van der Waals surface area contributed by atoms with Crippen LogP contribution in [0.25, 0.3) is 0 Å². The van der Waals surface area contributed by atoms with Gasteiger partial charge in [0.25, 0.3) is 40.4 Å². The van der Waals surface area contributed by atoms with Crippen LogP contribution >= 0.6 is 39.9 Å². The van der Waals surface area contributed by atoms with E-state index in [0.717, 1.165) is 77.0 Å². The van der Waals surface area contributed by atoms with E-state index in [-0.39, 0.29) is 141 Å². The largest absolute Gasteiger partial charge is 0.481 e. The summed E-state index contributed by atoms with van der Waals surface area (Å²) in [6.45, 7) is 41.0. The summed E-state index contributed by atoms with van der Waals surface area (Å²) in [5.74, 6) is -2.08. The topological polar surface area (TPSA) is 461 Å². The second kappa shape index (κ2) is 52.6. The van der Waals surface area contributed by atoms with Crippen LogP contribution < -0.4 is 36.8 Å². The number of nitrogens with two attached hydrogens (primary N) is 2. The molecule has 0 spiro atoms. The fraction of sp³-hybridized carbons (Fsp3) is 0.390. The van der Waals surface area contributed by atoms with Crippen LogP contribution in [0, 0.1) is 71.3 Å². The van der Waals surface area contributed by atoms with Gasteiger partial charge >= 0.3 is 0 Å². The summed E-state index contributed by atoms with van der Waals surface area (Å²) >= 11 is 7.85. The predicted octanol–water partition coefficient (Wildman–Crippen LogP) is 18.5. The standard InChI is InChI=1S/C13H16N2O3.C12H14N2O3.C12H16N2O.C10H12N2O2.C9H10N2O3.C7H8N2O2.C4H7Br.C2H3ClO.2C2H4O2.4CH4.ClH.Pd/c1-9(2)8-14(11(4)16)13-7-12(15(17)18)6-5-10(13)3;1-8(15)13-7-12(2,3)10-5-4-9(14(16)17)6-11(10)13;1-8(15)14-7-12(2,3)10-5-4-9(13)6-11(10)14;1-10(2)6-11-9-5-7(12(13)14)3-4-8(9)10;1-6-3-4-8(11(13)14)5-9(6)10-7(2)12;1-5-2-3-6(9(10)11)4-7(5)8;1-4(2)3-5;3*1-2(3)4;;;;;;/h5-7H,1,8H2,2-4H3;4-6H,7H2,1-3H3;4-6H,7,13H2,1-3H3;3-5,11H,6H2,1-2H3;3-5H,1-2H3,(H,10,12);2-4H,8H2,1H3;1,3H2,2H3;1H3;2*1H3,(H,3,4);4*1H4;1H;. The first-order valence-corrected chi connectivity index (χ1v) is 33.4. The molecule has 3 heterocycles. The molecule has 0 bridgehead atoms. The second-order valence-corrected chi connectivity index (χ2v) is 27.2. The quantitative estimate of drug-likeness (QED) is 0.0141. The molecule has 0 aliphatic carbocycles. The van der Waals surface area contributed by atoms with Crippen molar-refractivity contribution in [2.45, 2.75) is 171 Å². The summed E-state index contributed by atoms with van der Waals surface area (Å²) in [5.41, 5.74) is 23.8. The number of anilines is 7. The number of nitro benzene ring substituents is 5. The zero-order valence-electron chi connectivity index (χ0n) is 63.4. The van der Waals surface area contributed by atoms with E-state index < -0.39 is 31.6 Å². The van der Waals surface area contributed by atoms with E-state index in [4.69, 9.17) is 31.3 Å². The molecule has 9 rings (SSSR count). The number of carbonyl (C=O) groups is 7. The maximum atomic E-state index is 11.6. The van der Waals surface area contributed by atoms with E-state index in [1.54, 1.807) is 67.0 Å². The van der Waals surface area contributed by atoms with Crippen molar-refractivity contribution in [2.75, 3.05) is 68.3 Å². The number of carboxylic acid groups (broad SMARTS) is 2. The Labute approximate surface area is 690 Å². The number of rotatable bonds is 10. The summed E-state index contributed by atoms with van der Waals surface area (Å²) in [6, 6.07) is 28.8. The monoisotopic (exact) mass is 1760 g/mol. The Kier molecular flexibility index (Phi) is 53.8. The Morgan fingerprint density at radius 2 is 0.866 bits per heavy atom. The Balaban J connectivity index is -0.000000225. The van der Waals surface area contributed by atoms with Gasteiger partial charge in [0.05, 0.1) is 41.7 Å². The normalized spacial score (nSPS) is 11.8. The first-order chi connectivity index (χ1) is 48.6. The summed E-state index contributed by atoms with van der Waals surface area (Å²) in [7, 11) is 0. The van der Waals surface area contributed by atoms with Gasteiger partial charge in [0.15, 0.2) is 0 Å². The number of nitrogens with zero attached hydrogens (tertiary/aromatic N) is 8. The number of nitrogens with one attached hydrogen (secondary N) is 2. The summed E-state index contributed by atoms with van der Waals surface area (Å²) in [6.07, 6.45) is 0. The number of aliphatic carboxylic acids is 2. The van der Waals surface area contributed by atoms with Crippen LogP contribution in [0.1, 0.15) is 167 Å². The maximum Gasteiger partial charge on any atom is 0.300 e. The molecule has 624 valence electrons. The van der Waals surface area contributed by atoms with Gasteiger partial charge in [0.2, 0.25) is 28.9 Å². The average molecular weight is 1770 g/mol. The molecule has 0 aromatic heterocycles. The summed E-state index contributed by atoms with van der Waals surface area (Å²) in [5, 5.41) is 73.8. The molecule has 0 unspecified atom stereocenters. The number of halogens is 3.